The van der Waals surface area contributed by atoms with Crippen LogP contribution in [0.15, 0.2) is 30.6 Å². The summed E-state index contributed by atoms with van der Waals surface area (Å²) in [5.74, 6) is -0.319. The van der Waals surface area contributed by atoms with Gasteiger partial charge in [-0.2, -0.15) is 5.10 Å². The minimum absolute atomic E-state index is 0.306. The zero-order valence-corrected chi connectivity index (χ0v) is 10.9. The molecule has 0 aliphatic carbocycles. The molecule has 0 aliphatic rings. The largest absolute Gasteiger partial charge is 0.324 e. The van der Waals surface area contributed by atoms with Crippen molar-refractivity contribution in [2.24, 2.45) is 5.73 Å². The molecule has 2 rings (SSSR count). The van der Waals surface area contributed by atoms with Gasteiger partial charge in [-0.25, -0.2) is 4.39 Å². The van der Waals surface area contributed by atoms with Gasteiger partial charge in [0.15, 0.2) is 0 Å². The van der Waals surface area contributed by atoms with Crippen LogP contribution < -0.4 is 5.73 Å². The van der Waals surface area contributed by atoms with Gasteiger partial charge in [-0.15, -0.1) is 0 Å². The van der Waals surface area contributed by atoms with Crippen LogP contribution in [0.25, 0.3) is 0 Å². The molecular weight excluding hydrogens is 253 g/mol. The standard InChI is InChI=1S/C13H15ClFN3/c1-2-18-8-9(7-17-18)13(16)6-10-11(14)4-3-5-12(10)15/h3-5,7-8,13H,2,6,16H2,1H3. The molecule has 0 amide bonds. The quantitative estimate of drug-likeness (QED) is 0.926. The Morgan fingerprint density at radius 3 is 2.89 bits per heavy atom. The van der Waals surface area contributed by atoms with Gasteiger partial charge in [-0.1, -0.05) is 17.7 Å². The summed E-state index contributed by atoms with van der Waals surface area (Å²) in [5, 5.41) is 4.56. The molecule has 1 heterocycles. The van der Waals surface area contributed by atoms with Crippen LogP contribution >= 0.6 is 11.6 Å². The van der Waals surface area contributed by atoms with Crippen molar-refractivity contribution in [3.8, 4) is 0 Å². The maximum Gasteiger partial charge on any atom is 0.127 e. The van der Waals surface area contributed by atoms with Crippen molar-refractivity contribution in [1.82, 2.24) is 9.78 Å². The third-order valence-electron chi connectivity index (χ3n) is 2.89. The Balaban J connectivity index is 2.18. The monoisotopic (exact) mass is 267 g/mol. The summed E-state index contributed by atoms with van der Waals surface area (Å²) >= 11 is 5.98. The molecule has 2 aromatic rings. The number of hydrogen-bond acceptors (Lipinski definition) is 2. The molecular formula is C13H15ClFN3. The van der Waals surface area contributed by atoms with E-state index in [1.807, 2.05) is 13.1 Å². The minimum Gasteiger partial charge on any atom is -0.324 e. The lowest BCUT2D eigenvalue weighted by atomic mass is 10.0. The molecule has 0 fully saturated rings. The zero-order valence-electron chi connectivity index (χ0n) is 10.1. The second-order valence-electron chi connectivity index (χ2n) is 4.14. The van der Waals surface area contributed by atoms with E-state index in [1.54, 1.807) is 23.0 Å². The lowest BCUT2D eigenvalue weighted by Gasteiger charge is -2.11. The highest BCUT2D eigenvalue weighted by atomic mass is 35.5. The van der Waals surface area contributed by atoms with Crippen molar-refractivity contribution in [3.05, 3.63) is 52.6 Å². The van der Waals surface area contributed by atoms with Crippen LogP contribution in [-0.4, -0.2) is 9.78 Å². The first kappa shape index (κ1) is 13.1. The number of aromatic nitrogens is 2. The SMILES string of the molecule is CCn1cc(C(N)Cc2c(F)cccc2Cl)cn1. The van der Waals surface area contributed by atoms with Gasteiger partial charge in [0.05, 0.1) is 6.20 Å². The van der Waals surface area contributed by atoms with Crippen molar-refractivity contribution in [2.45, 2.75) is 25.9 Å². The Morgan fingerprint density at radius 1 is 1.50 bits per heavy atom. The highest BCUT2D eigenvalue weighted by Gasteiger charge is 2.14. The molecule has 1 unspecified atom stereocenters. The van der Waals surface area contributed by atoms with Gasteiger partial charge in [-0.05, 0) is 25.5 Å². The molecule has 1 aromatic carbocycles. The maximum absolute atomic E-state index is 13.6. The summed E-state index contributed by atoms with van der Waals surface area (Å²) in [4.78, 5) is 0. The summed E-state index contributed by atoms with van der Waals surface area (Å²) in [5.41, 5.74) is 7.39. The number of nitrogens with two attached hydrogens (primary N) is 1. The molecule has 18 heavy (non-hydrogen) atoms. The van der Waals surface area contributed by atoms with E-state index in [0.29, 0.717) is 17.0 Å². The van der Waals surface area contributed by atoms with E-state index in [9.17, 15) is 4.39 Å². The van der Waals surface area contributed by atoms with Crippen LogP contribution in [0.1, 0.15) is 24.1 Å². The molecule has 0 aliphatic heterocycles. The smallest absolute Gasteiger partial charge is 0.127 e. The van der Waals surface area contributed by atoms with Crippen molar-refractivity contribution < 1.29 is 4.39 Å². The van der Waals surface area contributed by atoms with Gasteiger partial charge in [0, 0.05) is 34.9 Å². The highest BCUT2D eigenvalue weighted by Crippen LogP contribution is 2.24. The van der Waals surface area contributed by atoms with E-state index in [0.717, 1.165) is 12.1 Å². The third kappa shape index (κ3) is 2.71. The van der Waals surface area contributed by atoms with Crippen molar-refractivity contribution in [3.63, 3.8) is 0 Å². The Labute approximate surface area is 110 Å². The molecule has 0 saturated carbocycles. The normalized spacial score (nSPS) is 12.7. The summed E-state index contributed by atoms with van der Waals surface area (Å²) in [6.07, 6.45) is 3.95. The molecule has 3 nitrogen and oxygen atoms in total. The van der Waals surface area contributed by atoms with Crippen LogP contribution in [0.5, 0.6) is 0 Å². The van der Waals surface area contributed by atoms with Crippen LogP contribution in [-0.2, 0) is 13.0 Å². The topological polar surface area (TPSA) is 43.8 Å². The Kier molecular flexibility index (Phi) is 3.99. The third-order valence-corrected chi connectivity index (χ3v) is 3.25. The lowest BCUT2D eigenvalue weighted by Crippen LogP contribution is -2.14. The summed E-state index contributed by atoms with van der Waals surface area (Å²) in [6.45, 7) is 2.78. The average molecular weight is 268 g/mol. The molecule has 0 radical (unpaired) electrons. The van der Waals surface area contributed by atoms with Crippen LogP contribution in [0.4, 0.5) is 4.39 Å². The summed E-state index contributed by atoms with van der Waals surface area (Å²) in [7, 11) is 0. The van der Waals surface area contributed by atoms with E-state index < -0.39 is 0 Å². The van der Waals surface area contributed by atoms with Gasteiger partial charge in [0.2, 0.25) is 0 Å². The molecule has 0 bridgehead atoms. The van der Waals surface area contributed by atoms with E-state index in [1.165, 1.54) is 6.07 Å². The highest BCUT2D eigenvalue weighted by molar-refractivity contribution is 6.31. The first-order chi connectivity index (χ1) is 8.61. The molecule has 1 atom stereocenters. The predicted molar refractivity (Wildman–Crippen MR) is 69.9 cm³/mol. The fraction of sp³-hybridized carbons (Fsp3) is 0.308. The zero-order chi connectivity index (χ0) is 13.1. The number of rotatable bonds is 4. The number of halogens is 2. The molecule has 96 valence electrons. The predicted octanol–water partition coefficient (Wildman–Crippen LogP) is 2.94. The fourth-order valence-corrected chi connectivity index (χ4v) is 2.05. The van der Waals surface area contributed by atoms with E-state index in [-0.39, 0.29) is 11.9 Å². The summed E-state index contributed by atoms with van der Waals surface area (Å²) in [6, 6.07) is 4.34. The second-order valence-corrected chi connectivity index (χ2v) is 4.55. The van der Waals surface area contributed by atoms with Crippen molar-refractivity contribution >= 4 is 11.6 Å². The van der Waals surface area contributed by atoms with Gasteiger partial charge in [0.1, 0.15) is 5.82 Å². The van der Waals surface area contributed by atoms with Gasteiger partial charge in [-0.3, -0.25) is 4.68 Å². The van der Waals surface area contributed by atoms with Crippen LogP contribution in [0.3, 0.4) is 0 Å². The first-order valence-electron chi connectivity index (χ1n) is 5.82. The molecule has 0 saturated heterocycles. The Hall–Kier alpha value is -1.39. The minimum atomic E-state index is -0.319. The van der Waals surface area contributed by atoms with E-state index in [4.69, 9.17) is 17.3 Å². The van der Waals surface area contributed by atoms with Gasteiger partial charge >= 0.3 is 0 Å². The maximum atomic E-state index is 13.6. The number of hydrogen-bond donors (Lipinski definition) is 1. The fourth-order valence-electron chi connectivity index (χ4n) is 1.81. The van der Waals surface area contributed by atoms with Crippen LogP contribution in [0, 0.1) is 5.82 Å². The average Bonchev–Trinajstić information content (AvgIpc) is 2.82. The number of benzene rings is 1. The van der Waals surface area contributed by atoms with Gasteiger partial charge in [0.25, 0.3) is 0 Å². The molecule has 0 spiro atoms. The van der Waals surface area contributed by atoms with Crippen molar-refractivity contribution in [2.75, 3.05) is 0 Å². The molecule has 1 aromatic heterocycles. The Morgan fingerprint density at radius 2 is 2.28 bits per heavy atom. The number of nitrogens with zero attached hydrogens (tertiary/aromatic N) is 2. The van der Waals surface area contributed by atoms with Crippen molar-refractivity contribution in [1.29, 1.82) is 0 Å². The lowest BCUT2D eigenvalue weighted by molar-refractivity contribution is 0.593. The van der Waals surface area contributed by atoms with Crippen LogP contribution in [0.2, 0.25) is 5.02 Å². The van der Waals surface area contributed by atoms with E-state index in [2.05, 4.69) is 5.10 Å². The molecule has 5 heteroatoms. The molecule has 2 N–H and O–H groups in total. The Bertz CT molecular complexity index is 519. The number of aryl methyl sites for hydroxylation is 1. The first-order valence-corrected chi connectivity index (χ1v) is 6.20. The summed E-state index contributed by atoms with van der Waals surface area (Å²) < 4.78 is 15.4. The van der Waals surface area contributed by atoms with Gasteiger partial charge < -0.3 is 5.73 Å². The van der Waals surface area contributed by atoms with E-state index >= 15 is 0 Å². The second kappa shape index (κ2) is 5.50.